The van der Waals surface area contributed by atoms with Gasteiger partial charge in [0.1, 0.15) is 11.9 Å². The molecule has 0 aliphatic rings. The second kappa shape index (κ2) is 6.70. The highest BCUT2D eigenvalue weighted by molar-refractivity contribution is 5.21. The first-order valence-corrected chi connectivity index (χ1v) is 7.42. The number of aryl methyl sites for hydroxylation is 3. The van der Waals surface area contributed by atoms with Gasteiger partial charge in [-0.05, 0) is 32.4 Å². The third kappa shape index (κ3) is 3.10. The summed E-state index contributed by atoms with van der Waals surface area (Å²) >= 11 is 0. The van der Waals surface area contributed by atoms with Crippen LogP contribution in [0.1, 0.15) is 49.9 Å². The zero-order valence-corrected chi connectivity index (χ0v) is 12.9. The minimum absolute atomic E-state index is 0.0997. The lowest BCUT2D eigenvalue weighted by molar-refractivity contribution is 0.502. The van der Waals surface area contributed by atoms with E-state index in [1.165, 1.54) is 5.69 Å². The molecule has 0 radical (unpaired) electrons. The van der Waals surface area contributed by atoms with Crippen molar-refractivity contribution >= 4 is 0 Å². The molecule has 1 unspecified atom stereocenters. The highest BCUT2D eigenvalue weighted by Crippen LogP contribution is 2.21. The summed E-state index contributed by atoms with van der Waals surface area (Å²) in [6.07, 6.45) is 6.15. The second-order valence-electron chi connectivity index (χ2n) is 5.20. The van der Waals surface area contributed by atoms with Crippen molar-refractivity contribution in [3.05, 3.63) is 35.7 Å². The zero-order chi connectivity index (χ0) is 14.5. The third-order valence-corrected chi connectivity index (χ3v) is 3.40. The third-order valence-electron chi connectivity index (χ3n) is 3.40. The Bertz CT molecular complexity index is 540. The molecule has 0 saturated heterocycles. The Hall–Kier alpha value is -1.62. The number of hydrogen-bond acceptors (Lipinski definition) is 3. The molecule has 0 amide bonds. The van der Waals surface area contributed by atoms with E-state index < -0.39 is 0 Å². The summed E-state index contributed by atoms with van der Waals surface area (Å²) in [7, 11) is 2.00. The molecular formula is C15H25N5. The Balaban J connectivity index is 2.36. The first-order valence-electron chi connectivity index (χ1n) is 7.42. The van der Waals surface area contributed by atoms with E-state index in [2.05, 4.69) is 46.1 Å². The summed E-state index contributed by atoms with van der Waals surface area (Å²) in [5.41, 5.74) is 2.21. The Labute approximate surface area is 121 Å². The lowest BCUT2D eigenvalue weighted by Gasteiger charge is -2.19. The monoisotopic (exact) mass is 275 g/mol. The largest absolute Gasteiger partial charge is 0.333 e. The number of imidazole rings is 1. The van der Waals surface area contributed by atoms with Crippen LogP contribution in [0.2, 0.25) is 0 Å². The Morgan fingerprint density at radius 3 is 2.70 bits per heavy atom. The summed E-state index contributed by atoms with van der Waals surface area (Å²) in [4.78, 5) is 4.57. The van der Waals surface area contributed by atoms with E-state index in [1.54, 1.807) is 0 Å². The first-order chi connectivity index (χ1) is 9.67. The molecule has 0 bridgehead atoms. The van der Waals surface area contributed by atoms with Gasteiger partial charge >= 0.3 is 0 Å². The number of rotatable bonds is 7. The minimum Gasteiger partial charge on any atom is -0.333 e. The second-order valence-corrected chi connectivity index (χ2v) is 5.20. The maximum Gasteiger partial charge on any atom is 0.132 e. The van der Waals surface area contributed by atoms with Gasteiger partial charge in [0.2, 0.25) is 0 Å². The fourth-order valence-corrected chi connectivity index (χ4v) is 2.53. The van der Waals surface area contributed by atoms with Crippen LogP contribution in [-0.2, 0) is 13.6 Å². The summed E-state index contributed by atoms with van der Waals surface area (Å²) in [5.74, 6) is 1.07. The van der Waals surface area contributed by atoms with Crippen molar-refractivity contribution in [1.29, 1.82) is 0 Å². The quantitative estimate of drug-likeness (QED) is 0.844. The van der Waals surface area contributed by atoms with Crippen molar-refractivity contribution in [2.24, 2.45) is 7.05 Å². The predicted molar refractivity (Wildman–Crippen MR) is 80.6 cm³/mol. The maximum atomic E-state index is 4.57. The molecule has 0 spiro atoms. The molecule has 20 heavy (non-hydrogen) atoms. The van der Waals surface area contributed by atoms with Gasteiger partial charge in [-0.15, -0.1) is 0 Å². The lowest BCUT2D eigenvalue weighted by Crippen LogP contribution is -2.28. The molecule has 0 aliphatic heterocycles. The summed E-state index contributed by atoms with van der Waals surface area (Å²) < 4.78 is 4.18. The van der Waals surface area contributed by atoms with Crippen molar-refractivity contribution in [1.82, 2.24) is 24.6 Å². The smallest absolute Gasteiger partial charge is 0.132 e. The SMILES string of the molecule is CCCNC(c1nccn1CCC)c1cc(C)nn1C. The molecule has 1 N–H and O–H groups in total. The number of hydrogen-bond donors (Lipinski definition) is 1. The van der Waals surface area contributed by atoms with Crippen molar-refractivity contribution < 1.29 is 0 Å². The molecule has 5 nitrogen and oxygen atoms in total. The van der Waals surface area contributed by atoms with E-state index in [1.807, 2.05) is 24.9 Å². The topological polar surface area (TPSA) is 47.7 Å². The standard InChI is InChI=1S/C15H25N5/c1-5-7-16-14(13-11-12(3)18-19(13)4)15-17-8-10-20(15)9-6-2/h8,10-11,14,16H,5-7,9H2,1-4H3. The summed E-state index contributed by atoms with van der Waals surface area (Å²) in [6.45, 7) is 8.35. The summed E-state index contributed by atoms with van der Waals surface area (Å²) in [6, 6.07) is 2.24. The number of nitrogens with one attached hydrogen (secondary N) is 1. The fraction of sp³-hybridized carbons (Fsp3) is 0.600. The van der Waals surface area contributed by atoms with Crippen molar-refractivity contribution in [2.75, 3.05) is 6.54 Å². The van der Waals surface area contributed by atoms with Gasteiger partial charge in [-0.25, -0.2) is 4.98 Å². The lowest BCUT2D eigenvalue weighted by atomic mass is 10.1. The van der Waals surface area contributed by atoms with Crippen molar-refractivity contribution in [3.8, 4) is 0 Å². The van der Waals surface area contributed by atoms with Gasteiger partial charge in [-0.3, -0.25) is 4.68 Å². The van der Waals surface area contributed by atoms with E-state index >= 15 is 0 Å². The number of aromatic nitrogens is 4. The van der Waals surface area contributed by atoms with Crippen LogP contribution in [-0.4, -0.2) is 25.9 Å². The normalized spacial score (nSPS) is 12.8. The molecule has 1 atom stereocenters. The van der Waals surface area contributed by atoms with Gasteiger partial charge < -0.3 is 9.88 Å². The van der Waals surface area contributed by atoms with Gasteiger partial charge in [0.05, 0.1) is 11.4 Å². The molecule has 2 heterocycles. The molecule has 110 valence electrons. The van der Waals surface area contributed by atoms with Crippen LogP contribution in [0.5, 0.6) is 0 Å². The van der Waals surface area contributed by atoms with Crippen LogP contribution < -0.4 is 5.32 Å². The van der Waals surface area contributed by atoms with E-state index in [4.69, 9.17) is 0 Å². The molecule has 0 aliphatic carbocycles. The van der Waals surface area contributed by atoms with Gasteiger partial charge in [0.25, 0.3) is 0 Å². The number of nitrogens with zero attached hydrogens (tertiary/aromatic N) is 4. The van der Waals surface area contributed by atoms with Crippen LogP contribution in [0.25, 0.3) is 0 Å². The predicted octanol–water partition coefficient (Wildman–Crippen LogP) is 2.42. The van der Waals surface area contributed by atoms with Gasteiger partial charge in [-0.1, -0.05) is 13.8 Å². The molecule has 0 fully saturated rings. The Kier molecular flexibility index (Phi) is 4.95. The van der Waals surface area contributed by atoms with Gasteiger partial charge in [0, 0.05) is 26.0 Å². The van der Waals surface area contributed by atoms with E-state index in [-0.39, 0.29) is 6.04 Å². The molecular weight excluding hydrogens is 250 g/mol. The minimum atomic E-state index is 0.0997. The molecule has 0 saturated carbocycles. The maximum absolute atomic E-state index is 4.57. The van der Waals surface area contributed by atoms with Crippen LogP contribution >= 0.6 is 0 Å². The van der Waals surface area contributed by atoms with E-state index in [0.29, 0.717) is 0 Å². The van der Waals surface area contributed by atoms with Crippen LogP contribution in [0.15, 0.2) is 18.5 Å². The fourth-order valence-electron chi connectivity index (χ4n) is 2.53. The average Bonchev–Trinajstić information content (AvgIpc) is 2.99. The van der Waals surface area contributed by atoms with Crippen LogP contribution in [0.4, 0.5) is 0 Å². The molecule has 0 aromatic carbocycles. The Morgan fingerprint density at radius 1 is 1.30 bits per heavy atom. The zero-order valence-electron chi connectivity index (χ0n) is 12.9. The Morgan fingerprint density at radius 2 is 2.10 bits per heavy atom. The molecule has 2 aromatic rings. The van der Waals surface area contributed by atoms with E-state index in [9.17, 15) is 0 Å². The van der Waals surface area contributed by atoms with Crippen molar-refractivity contribution in [2.45, 2.75) is 46.2 Å². The van der Waals surface area contributed by atoms with Gasteiger partial charge in [0.15, 0.2) is 0 Å². The van der Waals surface area contributed by atoms with Crippen LogP contribution in [0.3, 0.4) is 0 Å². The van der Waals surface area contributed by atoms with Crippen molar-refractivity contribution in [3.63, 3.8) is 0 Å². The van der Waals surface area contributed by atoms with Crippen LogP contribution in [0, 0.1) is 6.92 Å². The first kappa shape index (κ1) is 14.8. The highest BCUT2D eigenvalue weighted by Gasteiger charge is 2.21. The molecule has 2 rings (SSSR count). The molecule has 2 aromatic heterocycles. The molecule has 5 heteroatoms. The summed E-state index contributed by atoms with van der Waals surface area (Å²) in [5, 5.41) is 8.06. The average molecular weight is 275 g/mol. The van der Waals surface area contributed by atoms with Gasteiger partial charge in [-0.2, -0.15) is 5.10 Å². The highest BCUT2D eigenvalue weighted by atomic mass is 15.3. The van der Waals surface area contributed by atoms with E-state index in [0.717, 1.165) is 37.4 Å².